The fourth-order valence-corrected chi connectivity index (χ4v) is 3.61. The number of likely N-dealkylation sites (tertiary alicyclic amines) is 1. The molecule has 1 aromatic rings. The third kappa shape index (κ3) is 10.0. The predicted molar refractivity (Wildman–Crippen MR) is 129 cm³/mol. The first kappa shape index (κ1) is 25.0. The molecule has 31 heavy (non-hydrogen) atoms. The Kier molecular flexibility index (Phi) is 9.62. The van der Waals surface area contributed by atoms with Crippen LogP contribution in [0.4, 0.5) is 5.69 Å². The fraction of sp³-hybridized carbons (Fsp3) is 0.667. The first-order valence-corrected chi connectivity index (χ1v) is 11.5. The minimum absolute atomic E-state index is 0.0772. The Bertz CT molecular complexity index is 710. The maximum Gasteiger partial charge on any atom is 0.242 e. The van der Waals surface area contributed by atoms with Crippen molar-refractivity contribution < 1.29 is 9.53 Å². The highest BCUT2D eigenvalue weighted by atomic mass is 16.5. The molecule has 0 aliphatic carbocycles. The van der Waals surface area contributed by atoms with E-state index in [0.29, 0.717) is 11.9 Å². The van der Waals surface area contributed by atoms with E-state index in [9.17, 15) is 4.79 Å². The molecule has 1 atom stereocenters. The Balaban J connectivity index is 1.99. The highest BCUT2D eigenvalue weighted by Crippen LogP contribution is 2.18. The number of nitrogens with one attached hydrogen (secondary N) is 3. The third-order valence-electron chi connectivity index (χ3n) is 4.85. The first-order chi connectivity index (χ1) is 14.6. The van der Waals surface area contributed by atoms with Gasteiger partial charge in [0.1, 0.15) is 12.3 Å². The van der Waals surface area contributed by atoms with Crippen LogP contribution in [0.15, 0.2) is 29.3 Å². The summed E-state index contributed by atoms with van der Waals surface area (Å²) in [7, 11) is 0. The molecule has 1 aliphatic rings. The zero-order valence-corrected chi connectivity index (χ0v) is 20.1. The molecule has 7 nitrogen and oxygen atoms in total. The van der Waals surface area contributed by atoms with Crippen LogP contribution in [0, 0.1) is 5.92 Å². The lowest BCUT2D eigenvalue weighted by molar-refractivity contribution is -0.121. The van der Waals surface area contributed by atoms with Gasteiger partial charge in [-0.15, -0.1) is 0 Å². The molecule has 0 spiro atoms. The summed E-state index contributed by atoms with van der Waals surface area (Å²) in [4.78, 5) is 19.3. The summed E-state index contributed by atoms with van der Waals surface area (Å²) in [6, 6.07) is 7.79. The van der Waals surface area contributed by atoms with E-state index in [1.165, 1.54) is 12.8 Å². The number of ether oxygens (including phenoxy) is 1. The number of anilines is 1. The molecule has 1 amide bonds. The van der Waals surface area contributed by atoms with Crippen molar-refractivity contribution in [2.45, 2.75) is 66.0 Å². The molecule has 1 saturated heterocycles. The highest BCUT2D eigenvalue weighted by molar-refractivity contribution is 5.95. The van der Waals surface area contributed by atoms with Gasteiger partial charge in [-0.05, 0) is 90.7 Å². The normalized spacial score (nSPS) is 17.6. The number of carbonyl (C=O) groups is 1. The summed E-state index contributed by atoms with van der Waals surface area (Å²) in [5, 5.41) is 9.72. The molecular formula is C24H41N5O2. The largest absolute Gasteiger partial charge is 0.491 e. The highest BCUT2D eigenvalue weighted by Gasteiger charge is 2.22. The van der Waals surface area contributed by atoms with Crippen molar-refractivity contribution in [2.75, 3.05) is 38.0 Å². The Morgan fingerprint density at radius 2 is 1.97 bits per heavy atom. The monoisotopic (exact) mass is 431 g/mol. The summed E-state index contributed by atoms with van der Waals surface area (Å²) >= 11 is 0. The van der Waals surface area contributed by atoms with E-state index in [1.807, 2.05) is 58.9 Å². The predicted octanol–water partition coefficient (Wildman–Crippen LogP) is 3.48. The van der Waals surface area contributed by atoms with E-state index in [-0.39, 0.29) is 24.1 Å². The molecule has 0 bridgehead atoms. The number of carbonyl (C=O) groups excluding carboxylic acids is 1. The van der Waals surface area contributed by atoms with Gasteiger partial charge in [-0.2, -0.15) is 0 Å². The van der Waals surface area contributed by atoms with Crippen LogP contribution in [0.1, 0.15) is 54.4 Å². The number of hydrogen-bond donors (Lipinski definition) is 3. The zero-order valence-electron chi connectivity index (χ0n) is 20.1. The van der Waals surface area contributed by atoms with E-state index in [0.717, 1.165) is 37.6 Å². The van der Waals surface area contributed by atoms with Crippen LogP contribution in [0.5, 0.6) is 5.75 Å². The van der Waals surface area contributed by atoms with E-state index >= 15 is 0 Å². The second kappa shape index (κ2) is 11.9. The van der Waals surface area contributed by atoms with Gasteiger partial charge in [-0.1, -0.05) is 6.92 Å². The summed E-state index contributed by atoms with van der Waals surface area (Å²) in [5.74, 6) is 1.95. The number of guanidine groups is 1. The average Bonchev–Trinajstić information content (AvgIpc) is 3.11. The molecule has 0 saturated carbocycles. The average molecular weight is 432 g/mol. The standard InChI is InChI=1S/C24H41N5O2/c1-7-13-29-14-12-19(17-29)15-25-23(26-16-22(30)28-24(4,5)6)27-20-8-10-21(11-9-20)31-18(2)3/h8-11,18-19H,7,12-17H2,1-6H3,(H,28,30)(H2,25,26,27). The van der Waals surface area contributed by atoms with Crippen molar-refractivity contribution in [1.29, 1.82) is 0 Å². The molecule has 1 aromatic carbocycles. The molecule has 2 rings (SSSR count). The van der Waals surface area contributed by atoms with E-state index < -0.39 is 0 Å². The van der Waals surface area contributed by atoms with Crippen molar-refractivity contribution in [1.82, 2.24) is 15.5 Å². The number of amides is 1. The topological polar surface area (TPSA) is 78.0 Å². The summed E-state index contributed by atoms with van der Waals surface area (Å²) in [5.41, 5.74) is 0.629. The van der Waals surface area contributed by atoms with Crippen molar-refractivity contribution in [3.05, 3.63) is 24.3 Å². The number of rotatable bonds is 9. The van der Waals surface area contributed by atoms with Gasteiger partial charge in [0.05, 0.1) is 6.10 Å². The number of aliphatic imine (C=N–C) groups is 1. The minimum atomic E-state index is -0.271. The van der Waals surface area contributed by atoms with Gasteiger partial charge in [-0.25, -0.2) is 4.99 Å². The van der Waals surface area contributed by atoms with Crippen LogP contribution < -0.4 is 20.7 Å². The lowest BCUT2D eigenvalue weighted by atomic mass is 10.1. The van der Waals surface area contributed by atoms with Gasteiger partial charge in [0.2, 0.25) is 5.91 Å². The van der Waals surface area contributed by atoms with E-state index in [4.69, 9.17) is 4.74 Å². The maximum atomic E-state index is 12.2. The van der Waals surface area contributed by atoms with Crippen LogP contribution in [0.2, 0.25) is 0 Å². The molecule has 174 valence electrons. The van der Waals surface area contributed by atoms with Crippen molar-refractivity contribution in [2.24, 2.45) is 10.9 Å². The maximum absolute atomic E-state index is 12.2. The van der Waals surface area contributed by atoms with Crippen LogP contribution in [0.25, 0.3) is 0 Å². The van der Waals surface area contributed by atoms with Crippen molar-refractivity contribution >= 4 is 17.6 Å². The van der Waals surface area contributed by atoms with Gasteiger partial charge < -0.3 is 25.6 Å². The molecule has 0 aromatic heterocycles. The van der Waals surface area contributed by atoms with Crippen LogP contribution in [0.3, 0.4) is 0 Å². The van der Waals surface area contributed by atoms with Crippen molar-refractivity contribution in [3.8, 4) is 5.75 Å². The molecule has 1 fully saturated rings. The molecule has 1 aliphatic heterocycles. The first-order valence-electron chi connectivity index (χ1n) is 11.5. The molecule has 3 N–H and O–H groups in total. The molecule has 0 radical (unpaired) electrons. The Morgan fingerprint density at radius 3 is 2.58 bits per heavy atom. The molecule has 7 heteroatoms. The summed E-state index contributed by atoms with van der Waals surface area (Å²) < 4.78 is 5.71. The van der Waals surface area contributed by atoms with E-state index in [2.05, 4.69) is 32.8 Å². The molecular weight excluding hydrogens is 390 g/mol. The lowest BCUT2D eigenvalue weighted by Crippen LogP contribution is -2.42. The smallest absolute Gasteiger partial charge is 0.242 e. The van der Waals surface area contributed by atoms with Gasteiger partial charge >= 0.3 is 0 Å². The summed E-state index contributed by atoms with van der Waals surface area (Å²) in [6.07, 6.45) is 2.51. The fourth-order valence-electron chi connectivity index (χ4n) is 3.61. The Labute approximate surface area is 188 Å². The van der Waals surface area contributed by atoms with Gasteiger partial charge in [0, 0.05) is 24.3 Å². The van der Waals surface area contributed by atoms with Crippen molar-refractivity contribution in [3.63, 3.8) is 0 Å². The van der Waals surface area contributed by atoms with Crippen LogP contribution >= 0.6 is 0 Å². The quantitative estimate of drug-likeness (QED) is 0.412. The molecule has 1 unspecified atom stereocenters. The second-order valence-corrected chi connectivity index (χ2v) is 9.62. The Morgan fingerprint density at radius 1 is 1.26 bits per heavy atom. The van der Waals surface area contributed by atoms with Gasteiger partial charge in [-0.3, -0.25) is 4.79 Å². The Hall–Kier alpha value is -2.28. The number of nitrogens with zero attached hydrogens (tertiary/aromatic N) is 2. The second-order valence-electron chi connectivity index (χ2n) is 9.62. The number of hydrogen-bond acceptors (Lipinski definition) is 4. The minimum Gasteiger partial charge on any atom is -0.491 e. The lowest BCUT2D eigenvalue weighted by Gasteiger charge is -2.20. The zero-order chi connectivity index (χ0) is 22.9. The SMILES string of the molecule is CCCN1CCC(CNC(=NCC(=O)NC(C)(C)C)Nc2ccc(OC(C)C)cc2)C1. The third-order valence-corrected chi connectivity index (χ3v) is 4.85. The van der Waals surface area contributed by atoms with Gasteiger partial charge in [0.15, 0.2) is 5.96 Å². The van der Waals surface area contributed by atoms with Crippen LogP contribution in [-0.2, 0) is 4.79 Å². The molecule has 1 heterocycles. The van der Waals surface area contributed by atoms with Crippen LogP contribution in [-0.4, -0.2) is 61.1 Å². The number of benzene rings is 1. The summed E-state index contributed by atoms with van der Waals surface area (Å²) in [6.45, 7) is 16.5. The van der Waals surface area contributed by atoms with E-state index in [1.54, 1.807) is 0 Å². The van der Waals surface area contributed by atoms with Gasteiger partial charge in [0.25, 0.3) is 0 Å².